The van der Waals surface area contributed by atoms with Gasteiger partial charge in [0.15, 0.2) is 0 Å². The highest BCUT2D eigenvalue weighted by Gasteiger charge is 2.20. The van der Waals surface area contributed by atoms with Gasteiger partial charge in [-0.25, -0.2) is 0 Å². The van der Waals surface area contributed by atoms with Crippen LogP contribution < -0.4 is 4.89 Å². The third kappa shape index (κ3) is 43.1. The molecule has 0 radical (unpaired) electrons. The summed E-state index contributed by atoms with van der Waals surface area (Å²) in [4.78, 5) is 25.0. The number of carbonyl (C=O) groups excluding carboxylic acids is 1. The number of phosphoric ester groups is 1. The second-order valence-corrected chi connectivity index (χ2v) is 17.1. The highest BCUT2D eigenvalue weighted by Crippen LogP contribution is 2.38. The lowest BCUT2D eigenvalue weighted by Gasteiger charge is -2.28. The van der Waals surface area contributed by atoms with E-state index in [1.54, 1.807) is 0 Å². The van der Waals surface area contributed by atoms with Gasteiger partial charge in [-0.15, -0.1) is 0 Å². The van der Waals surface area contributed by atoms with Gasteiger partial charge >= 0.3 is 5.97 Å². The summed E-state index contributed by atoms with van der Waals surface area (Å²) in [6.45, 7) is 5.19. The summed E-state index contributed by atoms with van der Waals surface area (Å²) in [7, 11) is 1.32. The number of carbonyl (C=O) groups is 1. The summed E-state index contributed by atoms with van der Waals surface area (Å²) < 4.78 is 34.5. The Bertz CT molecular complexity index is 1120. The Hall–Kier alpha value is -2.06. The maximum Gasteiger partial charge on any atom is 0.306 e. The molecule has 0 aromatic carbocycles. The third-order valence-corrected chi connectivity index (χ3v) is 9.96. The molecule has 8 nitrogen and oxygen atoms in total. The molecule has 0 aliphatic heterocycles. The number of allylic oxidation sites excluding steroid dienone is 12. The highest BCUT2D eigenvalue weighted by atomic mass is 31.2. The average Bonchev–Trinajstić information content (AvgIpc) is 3.15. The first-order valence-electron chi connectivity index (χ1n) is 22.2. The van der Waals surface area contributed by atoms with Gasteiger partial charge in [-0.2, -0.15) is 0 Å². The van der Waals surface area contributed by atoms with Crippen molar-refractivity contribution in [1.82, 2.24) is 0 Å². The maximum absolute atomic E-state index is 12.7. The second-order valence-electron chi connectivity index (χ2n) is 15.7. The zero-order chi connectivity index (χ0) is 41.3. The number of likely N-dealkylation sites (N-methyl/N-ethyl adjacent to an activating group) is 1. The molecule has 0 heterocycles. The lowest BCUT2D eigenvalue weighted by Crippen LogP contribution is -2.37. The molecule has 0 N–H and O–H groups in total. The Kier molecular flexibility index (Phi) is 38.3. The molecule has 0 saturated heterocycles. The number of hydrogen-bond acceptors (Lipinski definition) is 7. The van der Waals surface area contributed by atoms with E-state index in [9.17, 15) is 14.3 Å². The zero-order valence-corrected chi connectivity index (χ0v) is 37.5. The first kappa shape index (κ1) is 53.9. The van der Waals surface area contributed by atoms with E-state index < -0.39 is 13.9 Å². The van der Waals surface area contributed by atoms with E-state index in [2.05, 4.69) is 86.8 Å². The Balaban J connectivity index is 4.31. The van der Waals surface area contributed by atoms with Gasteiger partial charge in [-0.05, 0) is 83.5 Å². The molecule has 0 saturated carbocycles. The van der Waals surface area contributed by atoms with Crippen LogP contribution in [-0.2, 0) is 27.9 Å². The summed E-state index contributed by atoms with van der Waals surface area (Å²) in [5.74, 6) is -0.356. The van der Waals surface area contributed by atoms with Gasteiger partial charge in [-0.1, -0.05) is 145 Å². The third-order valence-electron chi connectivity index (χ3n) is 8.99. The molecular formula is C47H84NO7P. The van der Waals surface area contributed by atoms with Crippen molar-refractivity contribution >= 4 is 13.8 Å². The Morgan fingerprint density at radius 1 is 0.571 bits per heavy atom. The van der Waals surface area contributed by atoms with Crippen LogP contribution in [0, 0.1) is 0 Å². The fourth-order valence-electron chi connectivity index (χ4n) is 5.57. The predicted molar refractivity (Wildman–Crippen MR) is 235 cm³/mol. The number of hydrogen-bond donors (Lipinski definition) is 0. The summed E-state index contributed by atoms with van der Waals surface area (Å²) in [6.07, 6.45) is 50.6. The van der Waals surface area contributed by atoms with Crippen molar-refractivity contribution in [3.63, 3.8) is 0 Å². The van der Waals surface area contributed by atoms with Gasteiger partial charge in [0.25, 0.3) is 7.82 Å². The van der Waals surface area contributed by atoms with E-state index in [1.807, 2.05) is 21.1 Å². The molecule has 0 aromatic heterocycles. The second kappa shape index (κ2) is 39.8. The van der Waals surface area contributed by atoms with E-state index in [1.165, 1.54) is 44.9 Å². The van der Waals surface area contributed by atoms with Gasteiger partial charge < -0.3 is 27.9 Å². The lowest BCUT2D eigenvalue weighted by molar-refractivity contribution is -0.870. The standard InChI is InChI=1S/C47H84NO7P/c1-6-8-10-12-14-16-18-20-22-23-24-25-26-27-29-31-33-35-37-39-42-52-44-46(45-54-56(50,51)53-43-41-48(3,4)5)55-47(49)40-38-36-34-32-30-28-21-19-17-15-13-11-9-7-2/h8,10,14,16,19-22,24-25,27,29,46H,6-7,9,11-13,15,17-18,23,26,28,30-45H2,1-5H3/b10-8-,16-14-,21-19-,22-20-,25-24-,29-27-. The first-order chi connectivity index (χ1) is 27.1. The monoisotopic (exact) mass is 806 g/mol. The van der Waals surface area contributed by atoms with Gasteiger partial charge in [0.2, 0.25) is 0 Å². The molecule has 2 atom stereocenters. The Morgan fingerprint density at radius 2 is 1.04 bits per heavy atom. The van der Waals surface area contributed by atoms with Crippen molar-refractivity contribution in [2.75, 3.05) is 54.1 Å². The largest absolute Gasteiger partial charge is 0.756 e. The van der Waals surface area contributed by atoms with E-state index in [4.69, 9.17) is 18.5 Å². The van der Waals surface area contributed by atoms with Crippen LogP contribution in [0.1, 0.15) is 162 Å². The fraction of sp³-hybridized carbons (Fsp3) is 0.723. The summed E-state index contributed by atoms with van der Waals surface area (Å²) in [5.41, 5.74) is 0. The molecule has 56 heavy (non-hydrogen) atoms. The van der Waals surface area contributed by atoms with Gasteiger partial charge in [0, 0.05) is 13.0 Å². The number of unbranched alkanes of at least 4 members (excludes halogenated alkanes) is 14. The first-order valence-corrected chi connectivity index (χ1v) is 23.6. The number of nitrogens with zero attached hydrogens (tertiary/aromatic N) is 1. The highest BCUT2D eigenvalue weighted by molar-refractivity contribution is 7.45. The zero-order valence-electron chi connectivity index (χ0n) is 36.6. The number of quaternary nitrogens is 1. The number of esters is 1. The molecule has 0 aliphatic carbocycles. The molecule has 324 valence electrons. The minimum Gasteiger partial charge on any atom is -0.756 e. The van der Waals surface area contributed by atoms with E-state index in [0.29, 0.717) is 24.1 Å². The van der Waals surface area contributed by atoms with Gasteiger partial charge in [-0.3, -0.25) is 9.36 Å². The van der Waals surface area contributed by atoms with Crippen molar-refractivity contribution in [2.24, 2.45) is 0 Å². The van der Waals surface area contributed by atoms with Gasteiger partial charge in [0.05, 0.1) is 34.4 Å². The molecule has 2 unspecified atom stereocenters. The van der Waals surface area contributed by atoms with Crippen LogP contribution in [0.5, 0.6) is 0 Å². The molecule has 0 spiro atoms. The SMILES string of the molecule is CC/C=C\C/C=C\C/C=C\C/C=C\C/C=C\CCCCCCOCC(COP(=O)([O-])OCC[N+](C)(C)C)OC(=O)CCCCCCC/C=C\CCCCCCC. The Morgan fingerprint density at radius 3 is 1.57 bits per heavy atom. The van der Waals surface area contributed by atoms with E-state index >= 15 is 0 Å². The van der Waals surface area contributed by atoms with Crippen LogP contribution in [0.3, 0.4) is 0 Å². The Labute approximate surface area is 344 Å². The van der Waals surface area contributed by atoms with Crippen LogP contribution in [0.25, 0.3) is 0 Å². The number of ether oxygens (including phenoxy) is 2. The van der Waals surface area contributed by atoms with E-state index in [-0.39, 0.29) is 25.8 Å². The van der Waals surface area contributed by atoms with Crippen LogP contribution in [0.15, 0.2) is 72.9 Å². The molecule has 0 amide bonds. The summed E-state index contributed by atoms with van der Waals surface area (Å²) >= 11 is 0. The summed E-state index contributed by atoms with van der Waals surface area (Å²) in [5, 5.41) is 0. The molecule has 0 fully saturated rings. The predicted octanol–water partition coefficient (Wildman–Crippen LogP) is 12.5. The van der Waals surface area contributed by atoms with Crippen LogP contribution in [-0.4, -0.2) is 70.7 Å². The van der Waals surface area contributed by atoms with E-state index in [0.717, 1.165) is 96.3 Å². The van der Waals surface area contributed by atoms with Crippen molar-refractivity contribution in [3.8, 4) is 0 Å². The molecule has 0 aliphatic rings. The van der Waals surface area contributed by atoms with Crippen molar-refractivity contribution in [1.29, 1.82) is 0 Å². The van der Waals surface area contributed by atoms with Crippen molar-refractivity contribution in [3.05, 3.63) is 72.9 Å². The number of phosphoric acid groups is 1. The smallest absolute Gasteiger partial charge is 0.306 e. The van der Waals surface area contributed by atoms with Crippen molar-refractivity contribution < 1.29 is 37.3 Å². The minimum atomic E-state index is -4.54. The fourth-order valence-corrected chi connectivity index (χ4v) is 6.29. The quantitative estimate of drug-likeness (QED) is 0.0200. The normalized spacial score (nSPS) is 14.5. The van der Waals surface area contributed by atoms with Crippen molar-refractivity contribution in [2.45, 2.75) is 168 Å². The van der Waals surface area contributed by atoms with Crippen LogP contribution in [0.2, 0.25) is 0 Å². The molecule has 0 rings (SSSR count). The molecule has 0 bridgehead atoms. The minimum absolute atomic E-state index is 0.0156. The molecular weight excluding hydrogens is 721 g/mol. The van der Waals surface area contributed by atoms with Crippen LogP contribution >= 0.6 is 7.82 Å². The lowest BCUT2D eigenvalue weighted by atomic mass is 10.1. The summed E-state index contributed by atoms with van der Waals surface area (Å²) in [6, 6.07) is 0. The average molecular weight is 806 g/mol. The van der Waals surface area contributed by atoms with Crippen LogP contribution in [0.4, 0.5) is 0 Å². The molecule has 9 heteroatoms. The number of rotatable bonds is 40. The maximum atomic E-state index is 12.7. The van der Waals surface area contributed by atoms with Gasteiger partial charge in [0.1, 0.15) is 19.3 Å². The molecule has 0 aromatic rings. The topological polar surface area (TPSA) is 94.1 Å².